The fourth-order valence-electron chi connectivity index (χ4n) is 7.38. The highest BCUT2D eigenvalue weighted by Crippen LogP contribution is 2.20. The van der Waals surface area contributed by atoms with Gasteiger partial charge in [-0.05, 0) is 55.6 Å². The van der Waals surface area contributed by atoms with Gasteiger partial charge in [0.2, 0.25) is 53.2 Å². The molecule has 3 aromatic rings. The average molecular weight is 966 g/mol. The summed E-state index contributed by atoms with van der Waals surface area (Å²) in [5.74, 6) is -6.98. The number of H-pyrrole nitrogens is 2. The number of nitrogens with zero attached hydrogens (tertiary/aromatic N) is 1. The van der Waals surface area contributed by atoms with Crippen LogP contribution in [0, 0.1) is 17.8 Å². The van der Waals surface area contributed by atoms with Gasteiger partial charge in [0.05, 0.1) is 37.5 Å². The van der Waals surface area contributed by atoms with Crippen LogP contribution in [0.15, 0.2) is 43.0 Å². The van der Waals surface area contributed by atoms with Gasteiger partial charge in [-0.3, -0.25) is 43.2 Å². The number of para-hydroxylation sites is 1. The number of nitrogens with two attached hydrogens (primary N) is 3. The number of hydrogen-bond acceptors (Lipinski definition) is 12. The number of primary amides is 2. The van der Waals surface area contributed by atoms with Gasteiger partial charge >= 0.3 is 0 Å². The van der Waals surface area contributed by atoms with Crippen LogP contribution >= 0.6 is 0 Å². The van der Waals surface area contributed by atoms with Crippen LogP contribution < -0.4 is 54.4 Å². The van der Waals surface area contributed by atoms with Crippen molar-refractivity contribution >= 4 is 64.1 Å². The summed E-state index contributed by atoms with van der Waals surface area (Å²) in [4.78, 5) is 127. The summed E-state index contributed by atoms with van der Waals surface area (Å²) >= 11 is 0. The summed E-state index contributed by atoms with van der Waals surface area (Å²) in [7, 11) is 0. The molecule has 3 rings (SSSR count). The number of aromatic amines is 2. The molecule has 0 saturated carbocycles. The number of aromatic nitrogens is 3. The lowest BCUT2D eigenvalue weighted by molar-refractivity contribution is -0.134. The highest BCUT2D eigenvalue weighted by atomic mass is 16.3. The molecular weight excluding hydrogens is 895 g/mol. The van der Waals surface area contributed by atoms with Crippen molar-refractivity contribution < 1.29 is 48.3 Å². The van der Waals surface area contributed by atoms with E-state index in [9.17, 15) is 48.3 Å². The Morgan fingerprint density at radius 2 is 1.33 bits per heavy atom. The second-order valence-corrected chi connectivity index (χ2v) is 18.5. The molecule has 2 heterocycles. The second kappa shape index (κ2) is 27.2. The van der Waals surface area contributed by atoms with Crippen LogP contribution in [0.2, 0.25) is 0 Å². The van der Waals surface area contributed by atoms with Crippen LogP contribution in [-0.4, -0.2) is 128 Å². The third-order valence-corrected chi connectivity index (χ3v) is 11.1. The zero-order chi connectivity index (χ0) is 51.5. The molecule has 2 aromatic heterocycles. The van der Waals surface area contributed by atoms with Crippen molar-refractivity contribution in [2.75, 3.05) is 6.54 Å². The number of hydrogen-bond donors (Lipinski definition) is 13. The van der Waals surface area contributed by atoms with Gasteiger partial charge in [-0.2, -0.15) is 0 Å². The Balaban J connectivity index is 1.68. The summed E-state index contributed by atoms with van der Waals surface area (Å²) < 4.78 is 0. The Labute approximate surface area is 401 Å². The van der Waals surface area contributed by atoms with Gasteiger partial charge in [-0.15, -0.1) is 0 Å². The Morgan fingerprint density at radius 3 is 1.94 bits per heavy atom. The fourth-order valence-corrected chi connectivity index (χ4v) is 7.38. The molecule has 0 bridgehead atoms. The fraction of sp³-hybridized carbons (Fsp3) is 0.565. The maximum atomic E-state index is 13.8. The molecule has 0 spiro atoms. The lowest BCUT2D eigenvalue weighted by atomic mass is 9.96. The number of aliphatic hydroxyl groups is 1. The molecule has 9 amide bonds. The highest BCUT2D eigenvalue weighted by molar-refractivity contribution is 5.96. The molecule has 16 N–H and O–H groups in total. The van der Waals surface area contributed by atoms with Crippen molar-refractivity contribution in [3.05, 3.63) is 54.2 Å². The van der Waals surface area contributed by atoms with Gasteiger partial charge in [0.15, 0.2) is 0 Å². The van der Waals surface area contributed by atoms with E-state index >= 15 is 0 Å². The average Bonchev–Trinajstić information content (AvgIpc) is 3.94. The van der Waals surface area contributed by atoms with Crippen LogP contribution in [0.1, 0.15) is 91.8 Å². The van der Waals surface area contributed by atoms with E-state index in [2.05, 4.69) is 52.2 Å². The van der Waals surface area contributed by atoms with Gasteiger partial charge < -0.3 is 69.5 Å². The molecule has 0 aliphatic heterocycles. The minimum Gasteiger partial charge on any atom is -0.390 e. The van der Waals surface area contributed by atoms with E-state index in [1.54, 1.807) is 20.0 Å². The van der Waals surface area contributed by atoms with E-state index in [1.807, 2.05) is 52.0 Å². The third-order valence-electron chi connectivity index (χ3n) is 11.1. The van der Waals surface area contributed by atoms with Crippen molar-refractivity contribution in [2.24, 2.45) is 35.0 Å². The van der Waals surface area contributed by atoms with Crippen molar-refractivity contribution in [3.63, 3.8) is 0 Å². The molecule has 8 atom stereocenters. The molecule has 0 unspecified atom stereocenters. The van der Waals surface area contributed by atoms with Crippen LogP contribution in [0.3, 0.4) is 0 Å². The topological polar surface area (TPSA) is 381 Å². The monoisotopic (exact) mass is 966 g/mol. The molecule has 23 nitrogen and oxygen atoms in total. The first-order valence-corrected chi connectivity index (χ1v) is 23.1. The number of rotatable bonds is 29. The molecule has 0 fully saturated rings. The van der Waals surface area contributed by atoms with Crippen molar-refractivity contribution in [2.45, 2.75) is 142 Å². The largest absolute Gasteiger partial charge is 0.390 e. The number of benzene rings is 1. The van der Waals surface area contributed by atoms with E-state index < -0.39 is 120 Å². The summed E-state index contributed by atoms with van der Waals surface area (Å²) in [5.41, 5.74) is 18.6. The highest BCUT2D eigenvalue weighted by Gasteiger charge is 2.33. The predicted molar refractivity (Wildman–Crippen MR) is 255 cm³/mol. The molecule has 23 heteroatoms. The van der Waals surface area contributed by atoms with Gasteiger partial charge in [-0.1, -0.05) is 59.7 Å². The summed E-state index contributed by atoms with van der Waals surface area (Å²) in [6.45, 7) is 11.5. The number of amides is 9. The summed E-state index contributed by atoms with van der Waals surface area (Å²) in [6.07, 6.45) is 2.94. The number of nitrogens with one attached hydrogen (secondary N) is 9. The molecule has 0 aliphatic carbocycles. The summed E-state index contributed by atoms with van der Waals surface area (Å²) in [6, 6.07) is -0.627. The van der Waals surface area contributed by atoms with E-state index in [0.717, 1.165) is 10.9 Å². The number of fused-ring (bicyclic) bond motifs is 1. The quantitative estimate of drug-likeness (QED) is 0.0370. The Hall–Kier alpha value is -6.88. The maximum absolute atomic E-state index is 13.8. The molecule has 1 aromatic carbocycles. The van der Waals surface area contributed by atoms with Gasteiger partial charge in [0.1, 0.15) is 30.2 Å². The first kappa shape index (κ1) is 56.4. The van der Waals surface area contributed by atoms with Crippen molar-refractivity contribution in [1.82, 2.24) is 52.2 Å². The number of carbonyl (C=O) groups excluding carboxylic acids is 9. The van der Waals surface area contributed by atoms with Gasteiger partial charge in [0, 0.05) is 48.3 Å². The Kier molecular flexibility index (Phi) is 22.3. The van der Waals surface area contributed by atoms with Crippen LogP contribution in [0.5, 0.6) is 0 Å². The minimum atomic E-state index is -1.39. The molecular formula is C46H71N13O10. The number of aliphatic hydroxyl groups excluding tert-OH is 1. The minimum absolute atomic E-state index is 0.000127. The van der Waals surface area contributed by atoms with Crippen molar-refractivity contribution in [1.29, 1.82) is 0 Å². The number of carbonyl (C=O) groups is 9. The molecule has 0 aliphatic rings. The van der Waals surface area contributed by atoms with Crippen LogP contribution in [-0.2, 0) is 56.0 Å². The molecule has 0 saturated heterocycles. The second-order valence-electron chi connectivity index (χ2n) is 18.5. The lowest BCUT2D eigenvalue weighted by Crippen LogP contribution is -2.59. The van der Waals surface area contributed by atoms with E-state index in [4.69, 9.17) is 17.2 Å². The molecule has 0 radical (unpaired) electrons. The lowest BCUT2D eigenvalue weighted by Gasteiger charge is -2.28. The third kappa shape index (κ3) is 19.0. The van der Waals surface area contributed by atoms with Gasteiger partial charge in [-0.25, -0.2) is 4.98 Å². The van der Waals surface area contributed by atoms with Crippen LogP contribution in [0.25, 0.3) is 10.9 Å². The molecule has 380 valence electrons. The van der Waals surface area contributed by atoms with Gasteiger partial charge in [0.25, 0.3) is 0 Å². The van der Waals surface area contributed by atoms with Crippen molar-refractivity contribution in [3.8, 4) is 0 Å². The number of imidazole rings is 1. The zero-order valence-electron chi connectivity index (χ0n) is 40.3. The smallest absolute Gasteiger partial charge is 0.243 e. The zero-order valence-corrected chi connectivity index (χ0v) is 40.3. The SMILES string of the molecule is CC(C)C[C@H](NC(=O)C[C@H](O)[C@H](CC(C)C)NC(=O)[C@H](Cc1cnc[nH]1)NC(=O)CNC(=O)[C@@H](NC(=O)[C@H](C)NC(=O)[C@H](Cc1c[nH]c2ccccc12)NC(=O)[C@@H](N)CCC(N)=O)C(C)C)C(N)=O. The Bertz CT molecular complexity index is 2230. The summed E-state index contributed by atoms with van der Waals surface area (Å²) in [5, 5.41) is 30.2. The normalized spacial score (nSPS) is 14.9. The Morgan fingerprint density at radius 1 is 0.696 bits per heavy atom. The van der Waals surface area contributed by atoms with E-state index in [0.29, 0.717) is 17.7 Å². The first-order valence-electron chi connectivity index (χ1n) is 23.1. The molecule has 69 heavy (non-hydrogen) atoms. The maximum Gasteiger partial charge on any atom is 0.243 e. The van der Waals surface area contributed by atoms with E-state index in [-0.39, 0.29) is 43.9 Å². The van der Waals surface area contributed by atoms with E-state index in [1.165, 1.54) is 19.4 Å². The predicted octanol–water partition coefficient (Wildman–Crippen LogP) is -1.70. The standard InChI is InChI=1S/C46H71N13O10/c1-23(2)14-32(36(60)18-38(62)55-33(41(49)64)15-24(3)4)57-45(68)35(17-28-20-50-22-53-28)56-39(63)21-52-46(69)40(25(5)6)59-42(65)26(7)54-44(67)34(58-43(66)30(47)12-13-37(48)61)16-27-19-51-31-11-9-8-10-29(27)31/h8-11,19-20,22-26,30,32-36,40,51,60H,12-18,21,47H2,1-7H3,(H2,48,61)(H2,49,64)(H,50,53)(H,52,69)(H,54,67)(H,55,62)(H,56,63)(H,57,68)(H,58,66)(H,59,65)/t26-,30-,32-,33-,34-,35-,36-,40-/m0/s1. The van der Waals surface area contributed by atoms with Crippen LogP contribution in [0.4, 0.5) is 0 Å². The first-order chi connectivity index (χ1) is 32.4.